The van der Waals surface area contributed by atoms with Crippen molar-refractivity contribution in [2.75, 3.05) is 26.2 Å². The van der Waals surface area contributed by atoms with E-state index in [1.54, 1.807) is 19.1 Å². The van der Waals surface area contributed by atoms with Crippen molar-refractivity contribution in [3.63, 3.8) is 0 Å². The van der Waals surface area contributed by atoms with Crippen LogP contribution in [-0.2, 0) is 16.1 Å². The third-order valence-electron chi connectivity index (χ3n) is 5.13. The Morgan fingerprint density at radius 3 is 2.55 bits per heavy atom. The van der Waals surface area contributed by atoms with E-state index >= 15 is 0 Å². The quantitative estimate of drug-likeness (QED) is 0.289. The summed E-state index contributed by atoms with van der Waals surface area (Å²) in [5.74, 6) is 0.611. The molecule has 1 heterocycles. The monoisotopic (exact) mass is 446 g/mol. The fourth-order valence-electron chi connectivity index (χ4n) is 3.63. The van der Waals surface area contributed by atoms with Gasteiger partial charge < -0.3 is 29.2 Å². The van der Waals surface area contributed by atoms with Gasteiger partial charge in [0.15, 0.2) is 6.79 Å². The highest BCUT2D eigenvalue weighted by Gasteiger charge is 2.18. The van der Waals surface area contributed by atoms with Crippen LogP contribution in [-0.4, -0.2) is 31.0 Å². The summed E-state index contributed by atoms with van der Waals surface area (Å²) in [6.07, 6.45) is 1.83. The van der Waals surface area contributed by atoms with E-state index in [4.69, 9.17) is 24.7 Å². The Kier molecular flexibility index (Phi) is 6.80. The largest absolute Gasteiger partial charge is 0.488 e. The maximum absolute atomic E-state index is 12.3. The smallest absolute Gasteiger partial charge is 0.341 e. The van der Waals surface area contributed by atoms with Gasteiger partial charge in [-0.3, -0.25) is 0 Å². The van der Waals surface area contributed by atoms with Crippen LogP contribution in [0.2, 0.25) is 0 Å². The van der Waals surface area contributed by atoms with Gasteiger partial charge in [0.2, 0.25) is 0 Å². The summed E-state index contributed by atoms with van der Waals surface area (Å²) in [6, 6.07) is 21.0. The summed E-state index contributed by atoms with van der Waals surface area (Å²) in [7, 11) is 1.52. The van der Waals surface area contributed by atoms with Gasteiger partial charge in [-0.2, -0.15) is 0 Å². The van der Waals surface area contributed by atoms with Crippen LogP contribution in [0.25, 0.3) is 16.6 Å². The Morgan fingerprint density at radius 2 is 1.79 bits per heavy atom. The van der Waals surface area contributed by atoms with Crippen molar-refractivity contribution in [3.05, 3.63) is 84.1 Å². The fraction of sp³-hybridized carbons (Fsp3) is 0.192. The van der Waals surface area contributed by atoms with Gasteiger partial charge in [0, 0.05) is 25.1 Å². The molecule has 0 spiro atoms. The number of hydrogen-bond donors (Lipinski definition) is 1. The Hall–Kier alpha value is -3.97. The number of carbonyl (C=O) groups is 1. The first-order valence-electron chi connectivity index (χ1n) is 10.6. The first-order chi connectivity index (χ1) is 16.1. The predicted octanol–water partition coefficient (Wildman–Crippen LogP) is 4.95. The third-order valence-corrected chi connectivity index (χ3v) is 5.13. The topological polar surface area (TPSA) is 84.9 Å². The van der Waals surface area contributed by atoms with Gasteiger partial charge in [0.25, 0.3) is 0 Å². The number of fused-ring (bicyclic) bond motifs is 1. The number of rotatable bonds is 9. The zero-order chi connectivity index (χ0) is 23.2. The zero-order valence-corrected chi connectivity index (χ0v) is 18.6. The molecule has 4 rings (SSSR count). The Balaban J connectivity index is 1.71. The Morgan fingerprint density at radius 1 is 0.970 bits per heavy atom. The van der Waals surface area contributed by atoms with E-state index in [0.717, 1.165) is 22.2 Å². The number of methoxy groups -OCH3 is 1. The number of carbonyl (C=O) groups excluding carboxylic acids is 1. The van der Waals surface area contributed by atoms with E-state index in [2.05, 4.69) is 0 Å². The predicted molar refractivity (Wildman–Crippen MR) is 127 cm³/mol. The molecule has 0 saturated heterocycles. The molecule has 7 heteroatoms. The number of nitrogens with zero attached hydrogens (tertiary/aromatic N) is 1. The van der Waals surface area contributed by atoms with Gasteiger partial charge in [0.1, 0.15) is 23.7 Å². The second-order valence-electron chi connectivity index (χ2n) is 7.33. The molecule has 7 nitrogen and oxygen atoms in total. The molecule has 2 N–H and O–H groups in total. The molecule has 0 unspecified atom stereocenters. The van der Waals surface area contributed by atoms with Crippen molar-refractivity contribution in [3.8, 4) is 17.2 Å². The molecule has 0 amide bonds. The second kappa shape index (κ2) is 10.1. The van der Waals surface area contributed by atoms with E-state index in [0.29, 0.717) is 29.4 Å². The highest BCUT2D eigenvalue weighted by Crippen LogP contribution is 2.35. The first-order valence-corrected chi connectivity index (χ1v) is 10.6. The summed E-state index contributed by atoms with van der Waals surface area (Å²) in [6.45, 7) is 2.47. The van der Waals surface area contributed by atoms with E-state index in [1.165, 1.54) is 7.11 Å². The number of anilines is 1. The van der Waals surface area contributed by atoms with Crippen LogP contribution in [0.1, 0.15) is 22.8 Å². The maximum atomic E-state index is 12.3. The summed E-state index contributed by atoms with van der Waals surface area (Å²) < 4.78 is 23.9. The van der Waals surface area contributed by atoms with Crippen LogP contribution in [0.4, 0.5) is 5.69 Å². The van der Waals surface area contributed by atoms with Gasteiger partial charge in [0.05, 0.1) is 23.2 Å². The lowest BCUT2D eigenvalue weighted by atomic mass is 10.1. The van der Waals surface area contributed by atoms with E-state index in [-0.39, 0.29) is 13.4 Å². The molecular weight excluding hydrogens is 420 g/mol. The Bertz CT molecular complexity index is 1250. The molecule has 0 aliphatic rings. The lowest BCUT2D eigenvalue weighted by Gasteiger charge is -2.13. The zero-order valence-electron chi connectivity index (χ0n) is 18.6. The molecule has 1 aromatic heterocycles. The second-order valence-corrected chi connectivity index (χ2v) is 7.33. The molecule has 0 aliphatic carbocycles. The van der Waals surface area contributed by atoms with Gasteiger partial charge in [-0.25, -0.2) is 4.79 Å². The minimum Gasteiger partial charge on any atom is -0.488 e. The summed E-state index contributed by atoms with van der Waals surface area (Å²) >= 11 is 0. The minimum absolute atomic E-state index is 0.00188. The minimum atomic E-state index is -0.455. The first kappa shape index (κ1) is 22.2. The summed E-state index contributed by atoms with van der Waals surface area (Å²) in [5, 5.41) is 0.822. The molecule has 0 bridgehead atoms. The van der Waals surface area contributed by atoms with Gasteiger partial charge in [-0.1, -0.05) is 36.4 Å². The van der Waals surface area contributed by atoms with E-state index in [1.807, 2.05) is 65.4 Å². The fourth-order valence-corrected chi connectivity index (χ4v) is 3.63. The molecule has 4 aromatic rings. The van der Waals surface area contributed by atoms with Crippen molar-refractivity contribution < 1.29 is 23.7 Å². The SMILES string of the molecule is CCOC(=O)c1ccc(-n2cc(N)c3c(OCc4ccccc4)cccc32)cc1OCOC. The number of nitrogen functional groups attached to an aromatic ring is 1. The highest BCUT2D eigenvalue weighted by atomic mass is 16.7. The number of nitrogens with two attached hydrogens (primary N) is 1. The molecule has 0 atom stereocenters. The molecular formula is C26H26N2O5. The molecule has 0 fully saturated rings. The Labute approximate surface area is 192 Å². The van der Waals surface area contributed by atoms with E-state index < -0.39 is 5.97 Å². The number of hydrogen-bond acceptors (Lipinski definition) is 6. The van der Waals surface area contributed by atoms with Crippen molar-refractivity contribution in [2.45, 2.75) is 13.5 Å². The van der Waals surface area contributed by atoms with E-state index in [9.17, 15) is 4.79 Å². The molecule has 0 saturated carbocycles. The number of esters is 1. The maximum Gasteiger partial charge on any atom is 0.341 e. The summed E-state index contributed by atoms with van der Waals surface area (Å²) in [4.78, 5) is 12.3. The number of aromatic nitrogens is 1. The number of ether oxygens (including phenoxy) is 4. The lowest BCUT2D eigenvalue weighted by Crippen LogP contribution is -2.10. The standard InChI is InChI=1S/C26H26N2O5/c1-3-31-26(29)20-13-12-19(14-24(20)33-17-30-2)28-15-21(27)25-22(28)10-7-11-23(25)32-16-18-8-5-4-6-9-18/h4-15H,3,16-17,27H2,1-2H3. The number of benzene rings is 3. The van der Waals surface area contributed by atoms with Gasteiger partial charge in [-0.05, 0) is 36.8 Å². The molecule has 3 aromatic carbocycles. The van der Waals surface area contributed by atoms with Gasteiger partial charge >= 0.3 is 5.97 Å². The normalized spacial score (nSPS) is 10.8. The molecule has 33 heavy (non-hydrogen) atoms. The average molecular weight is 447 g/mol. The van der Waals surface area contributed by atoms with Crippen LogP contribution in [0, 0.1) is 0 Å². The highest BCUT2D eigenvalue weighted by molar-refractivity contribution is 5.98. The van der Waals surface area contributed by atoms with Crippen molar-refractivity contribution >= 4 is 22.6 Å². The van der Waals surface area contributed by atoms with Crippen molar-refractivity contribution in [1.29, 1.82) is 0 Å². The third kappa shape index (κ3) is 4.78. The van der Waals surface area contributed by atoms with Crippen LogP contribution in [0.3, 0.4) is 0 Å². The molecule has 170 valence electrons. The van der Waals surface area contributed by atoms with Gasteiger partial charge in [-0.15, -0.1) is 0 Å². The van der Waals surface area contributed by atoms with Crippen LogP contribution in [0.5, 0.6) is 11.5 Å². The van der Waals surface area contributed by atoms with Crippen LogP contribution < -0.4 is 15.2 Å². The summed E-state index contributed by atoms with van der Waals surface area (Å²) in [5.41, 5.74) is 10.0. The van der Waals surface area contributed by atoms with Crippen molar-refractivity contribution in [1.82, 2.24) is 4.57 Å². The molecule has 0 radical (unpaired) electrons. The van der Waals surface area contributed by atoms with Crippen LogP contribution in [0.15, 0.2) is 72.9 Å². The average Bonchev–Trinajstić information content (AvgIpc) is 3.19. The van der Waals surface area contributed by atoms with Crippen LogP contribution >= 0.6 is 0 Å². The lowest BCUT2D eigenvalue weighted by molar-refractivity contribution is 0.0438. The molecule has 0 aliphatic heterocycles. The van der Waals surface area contributed by atoms with Crippen molar-refractivity contribution in [2.24, 2.45) is 0 Å².